The van der Waals surface area contributed by atoms with E-state index in [2.05, 4.69) is 27.5 Å². The predicted molar refractivity (Wildman–Crippen MR) is 51.6 cm³/mol. The highest BCUT2D eigenvalue weighted by Gasteiger charge is 2.15. The molecule has 0 aliphatic carbocycles. The standard InChI is InChI=1S/C10H22N/c1-5-8-10-11(4,7-3)9-6-2/h6H,2,5,7-10H2,1,3-4H3/q+1. The Labute approximate surface area is 71.3 Å². The van der Waals surface area contributed by atoms with E-state index in [0.717, 1.165) is 11.0 Å². The Hall–Kier alpha value is -0.300. The molecule has 0 aromatic heterocycles. The van der Waals surface area contributed by atoms with Crippen molar-refractivity contribution in [2.24, 2.45) is 0 Å². The number of rotatable bonds is 6. The molecule has 0 heterocycles. The molecule has 0 amide bonds. The molecule has 66 valence electrons. The Morgan fingerprint density at radius 2 is 2.00 bits per heavy atom. The largest absolute Gasteiger partial charge is 0.323 e. The van der Waals surface area contributed by atoms with Crippen molar-refractivity contribution < 1.29 is 4.48 Å². The number of quaternary nitrogens is 1. The van der Waals surface area contributed by atoms with Crippen LogP contribution in [0.2, 0.25) is 0 Å². The minimum absolute atomic E-state index is 1.11. The van der Waals surface area contributed by atoms with Gasteiger partial charge in [0, 0.05) is 0 Å². The molecule has 0 rings (SSSR count). The van der Waals surface area contributed by atoms with Crippen LogP contribution in [0, 0.1) is 0 Å². The first-order valence-corrected chi connectivity index (χ1v) is 4.63. The van der Waals surface area contributed by atoms with Crippen LogP contribution >= 0.6 is 0 Å². The summed E-state index contributed by atoms with van der Waals surface area (Å²) in [6, 6.07) is 0. The first-order chi connectivity index (χ1) is 5.18. The molecule has 0 saturated heterocycles. The van der Waals surface area contributed by atoms with Crippen molar-refractivity contribution in [2.45, 2.75) is 26.7 Å². The third kappa shape index (κ3) is 4.20. The molecule has 0 fully saturated rings. The SMILES string of the molecule is C=CC[N+](C)(CC)CCCC. The molecule has 0 spiro atoms. The molecule has 11 heavy (non-hydrogen) atoms. The molecule has 1 heteroatoms. The lowest BCUT2D eigenvalue weighted by atomic mass is 10.2. The van der Waals surface area contributed by atoms with E-state index in [-0.39, 0.29) is 0 Å². The molecular weight excluding hydrogens is 134 g/mol. The lowest BCUT2D eigenvalue weighted by Gasteiger charge is -2.32. The molecule has 0 bridgehead atoms. The maximum atomic E-state index is 3.79. The number of nitrogens with zero attached hydrogens (tertiary/aromatic N) is 1. The Kier molecular flexibility index (Phi) is 5.22. The average molecular weight is 156 g/mol. The van der Waals surface area contributed by atoms with Gasteiger partial charge in [0.05, 0.1) is 26.7 Å². The second-order valence-corrected chi connectivity index (χ2v) is 3.48. The van der Waals surface area contributed by atoms with Gasteiger partial charge in [0.2, 0.25) is 0 Å². The summed E-state index contributed by atoms with van der Waals surface area (Å²) >= 11 is 0. The van der Waals surface area contributed by atoms with E-state index in [4.69, 9.17) is 0 Å². The van der Waals surface area contributed by atoms with Crippen LogP contribution < -0.4 is 0 Å². The monoisotopic (exact) mass is 156 g/mol. The molecule has 0 aromatic carbocycles. The van der Waals surface area contributed by atoms with E-state index in [1.54, 1.807) is 0 Å². The van der Waals surface area contributed by atoms with Gasteiger partial charge in [-0.05, 0) is 19.4 Å². The van der Waals surface area contributed by atoms with Gasteiger partial charge in [-0.2, -0.15) is 0 Å². The number of likely N-dealkylation sites (N-methyl/N-ethyl adjacent to an activating group) is 1. The van der Waals surface area contributed by atoms with E-state index in [1.165, 1.54) is 25.9 Å². The van der Waals surface area contributed by atoms with Crippen LogP contribution in [-0.4, -0.2) is 31.2 Å². The molecule has 0 N–H and O–H groups in total. The highest BCUT2D eigenvalue weighted by Crippen LogP contribution is 2.04. The summed E-state index contributed by atoms with van der Waals surface area (Å²) in [5.41, 5.74) is 0. The van der Waals surface area contributed by atoms with Crippen LogP contribution in [-0.2, 0) is 0 Å². The summed E-state index contributed by atoms with van der Waals surface area (Å²) in [7, 11) is 2.30. The van der Waals surface area contributed by atoms with Crippen LogP contribution in [0.3, 0.4) is 0 Å². The maximum Gasteiger partial charge on any atom is 0.0968 e. The smallest absolute Gasteiger partial charge is 0.0968 e. The molecule has 0 aliphatic heterocycles. The van der Waals surface area contributed by atoms with Crippen molar-refractivity contribution >= 4 is 0 Å². The number of unbranched alkanes of at least 4 members (excludes halogenated alkanes) is 1. The van der Waals surface area contributed by atoms with Crippen molar-refractivity contribution in [1.82, 2.24) is 0 Å². The van der Waals surface area contributed by atoms with E-state index < -0.39 is 0 Å². The third-order valence-corrected chi connectivity index (χ3v) is 2.38. The number of hydrogen-bond donors (Lipinski definition) is 0. The van der Waals surface area contributed by atoms with Gasteiger partial charge >= 0.3 is 0 Å². The summed E-state index contributed by atoms with van der Waals surface area (Å²) in [4.78, 5) is 0. The summed E-state index contributed by atoms with van der Waals surface area (Å²) in [5.74, 6) is 0. The van der Waals surface area contributed by atoms with Crippen LogP contribution in [0.1, 0.15) is 26.7 Å². The van der Waals surface area contributed by atoms with Gasteiger partial charge in [-0.1, -0.05) is 19.9 Å². The maximum absolute atomic E-state index is 3.79. The van der Waals surface area contributed by atoms with Crippen LogP contribution in [0.25, 0.3) is 0 Å². The zero-order valence-corrected chi connectivity index (χ0v) is 8.27. The topological polar surface area (TPSA) is 0 Å². The molecule has 0 aliphatic rings. The second-order valence-electron chi connectivity index (χ2n) is 3.48. The molecule has 0 aromatic rings. The third-order valence-electron chi connectivity index (χ3n) is 2.38. The van der Waals surface area contributed by atoms with Crippen molar-refractivity contribution in [1.29, 1.82) is 0 Å². The fourth-order valence-corrected chi connectivity index (χ4v) is 1.23. The van der Waals surface area contributed by atoms with E-state index in [1.807, 2.05) is 6.08 Å². The predicted octanol–water partition coefficient (Wildman–Crippen LogP) is 2.44. The lowest BCUT2D eigenvalue weighted by Crippen LogP contribution is -2.44. The molecular formula is C10H22N+. The fraction of sp³-hybridized carbons (Fsp3) is 0.800. The molecule has 1 nitrogen and oxygen atoms in total. The summed E-state index contributed by atoms with van der Waals surface area (Å²) < 4.78 is 1.15. The minimum Gasteiger partial charge on any atom is -0.323 e. The van der Waals surface area contributed by atoms with Gasteiger partial charge in [0.15, 0.2) is 0 Å². The first-order valence-electron chi connectivity index (χ1n) is 4.63. The van der Waals surface area contributed by atoms with Crippen LogP contribution in [0.15, 0.2) is 12.7 Å². The Balaban J connectivity index is 3.77. The van der Waals surface area contributed by atoms with Gasteiger partial charge in [-0.3, -0.25) is 0 Å². The average Bonchev–Trinajstić information content (AvgIpc) is 2.02. The zero-order chi connectivity index (χ0) is 8.74. The van der Waals surface area contributed by atoms with Crippen molar-refractivity contribution in [3.8, 4) is 0 Å². The van der Waals surface area contributed by atoms with E-state index >= 15 is 0 Å². The van der Waals surface area contributed by atoms with Crippen molar-refractivity contribution in [2.75, 3.05) is 26.7 Å². The van der Waals surface area contributed by atoms with Crippen molar-refractivity contribution in [3.05, 3.63) is 12.7 Å². The minimum atomic E-state index is 1.11. The van der Waals surface area contributed by atoms with Crippen LogP contribution in [0.4, 0.5) is 0 Å². The highest BCUT2D eigenvalue weighted by atomic mass is 15.3. The summed E-state index contributed by atoms with van der Waals surface area (Å²) in [6.07, 6.45) is 4.66. The molecule has 1 unspecified atom stereocenters. The van der Waals surface area contributed by atoms with Gasteiger partial charge < -0.3 is 4.48 Å². The molecule has 1 atom stereocenters. The van der Waals surface area contributed by atoms with Crippen molar-refractivity contribution in [3.63, 3.8) is 0 Å². The Morgan fingerprint density at radius 3 is 2.36 bits per heavy atom. The Bertz CT molecular complexity index is 109. The van der Waals surface area contributed by atoms with Gasteiger partial charge in [-0.25, -0.2) is 0 Å². The fourth-order valence-electron chi connectivity index (χ4n) is 1.23. The molecule has 0 radical (unpaired) electrons. The quantitative estimate of drug-likeness (QED) is 0.409. The Morgan fingerprint density at radius 1 is 1.36 bits per heavy atom. The molecule has 0 saturated carbocycles. The summed E-state index contributed by atoms with van der Waals surface area (Å²) in [6.45, 7) is 11.9. The normalized spacial score (nSPS) is 15.9. The van der Waals surface area contributed by atoms with E-state index in [9.17, 15) is 0 Å². The lowest BCUT2D eigenvalue weighted by molar-refractivity contribution is -0.902. The highest BCUT2D eigenvalue weighted by molar-refractivity contribution is 4.64. The first kappa shape index (κ1) is 10.7. The van der Waals surface area contributed by atoms with E-state index in [0.29, 0.717) is 0 Å². The van der Waals surface area contributed by atoms with Gasteiger partial charge in [0.25, 0.3) is 0 Å². The zero-order valence-electron chi connectivity index (χ0n) is 8.27. The summed E-state index contributed by atoms with van der Waals surface area (Å²) in [5, 5.41) is 0. The second kappa shape index (κ2) is 5.36. The van der Waals surface area contributed by atoms with Gasteiger partial charge in [-0.15, -0.1) is 0 Å². The van der Waals surface area contributed by atoms with Crippen LogP contribution in [0.5, 0.6) is 0 Å². The van der Waals surface area contributed by atoms with Gasteiger partial charge in [0.1, 0.15) is 0 Å². The number of hydrogen-bond acceptors (Lipinski definition) is 0.